The van der Waals surface area contributed by atoms with Gasteiger partial charge in [0.15, 0.2) is 6.67 Å². The molecule has 1 fully saturated rings. The third-order valence-corrected chi connectivity index (χ3v) is 4.46. The molecule has 0 aliphatic carbocycles. The minimum Gasteiger partial charge on any atom is -0.463 e. The van der Waals surface area contributed by atoms with Crippen LogP contribution < -0.4 is 0 Å². The summed E-state index contributed by atoms with van der Waals surface area (Å²) in [7, 11) is 0. The number of alkyl halides is 7. The number of ether oxygens (including phenoxy) is 3. The number of hydrogen-bond acceptors (Lipinski definition) is 5. The highest BCUT2D eigenvalue weighted by atomic mass is 19.4. The first-order chi connectivity index (χ1) is 12.6. The summed E-state index contributed by atoms with van der Waals surface area (Å²) in [6.07, 6.45) is -6.88. The van der Waals surface area contributed by atoms with Crippen molar-refractivity contribution < 1.29 is 54.5 Å². The van der Waals surface area contributed by atoms with E-state index >= 15 is 0 Å². The summed E-state index contributed by atoms with van der Waals surface area (Å²) in [4.78, 5) is 23.9. The lowest BCUT2D eigenvalue weighted by atomic mass is 9.79. The lowest BCUT2D eigenvalue weighted by molar-refractivity contribution is -0.388. The van der Waals surface area contributed by atoms with Crippen LogP contribution in [0, 0.1) is 11.3 Å². The number of epoxide rings is 1. The highest BCUT2D eigenvalue weighted by Gasteiger charge is 2.75. The maximum Gasteiger partial charge on any atom is 0.473 e. The van der Waals surface area contributed by atoms with Gasteiger partial charge in [-0.1, -0.05) is 13.8 Å². The van der Waals surface area contributed by atoms with Crippen molar-refractivity contribution in [1.29, 1.82) is 0 Å². The number of rotatable bonds is 11. The van der Waals surface area contributed by atoms with Gasteiger partial charge in [-0.3, -0.25) is 9.59 Å². The van der Waals surface area contributed by atoms with E-state index in [-0.39, 0.29) is 19.1 Å². The number of carbonyl (C=O) groups is 2. The number of carbonyl (C=O) groups excluding carboxylic acids is 2. The Morgan fingerprint density at radius 3 is 2.14 bits per heavy atom. The van der Waals surface area contributed by atoms with Gasteiger partial charge in [-0.05, 0) is 19.8 Å². The van der Waals surface area contributed by atoms with Crippen molar-refractivity contribution in [2.24, 2.45) is 11.3 Å². The molecule has 3 unspecified atom stereocenters. The molecule has 1 saturated heterocycles. The summed E-state index contributed by atoms with van der Waals surface area (Å²) in [5, 5.41) is 0. The summed E-state index contributed by atoms with van der Waals surface area (Å²) in [5.41, 5.74) is -1.89. The van der Waals surface area contributed by atoms with Crippen LogP contribution in [0.4, 0.5) is 30.7 Å². The predicted molar refractivity (Wildman–Crippen MR) is 79.8 cm³/mol. The fraction of sp³-hybridized carbons (Fsp3) is 0.875. The van der Waals surface area contributed by atoms with Crippen molar-refractivity contribution in [3.05, 3.63) is 0 Å². The summed E-state index contributed by atoms with van der Waals surface area (Å²) < 4.78 is 105. The van der Waals surface area contributed by atoms with E-state index in [1.165, 1.54) is 13.8 Å². The van der Waals surface area contributed by atoms with E-state index in [9.17, 15) is 40.3 Å². The molecule has 1 rings (SSSR count). The van der Waals surface area contributed by atoms with Gasteiger partial charge in [0, 0.05) is 0 Å². The second-order valence-corrected chi connectivity index (χ2v) is 6.92. The average molecular weight is 426 g/mol. The topological polar surface area (TPSA) is 65.1 Å². The summed E-state index contributed by atoms with van der Waals surface area (Å²) >= 11 is 0. The SMILES string of the molecule is CCC(C)(CC(C)C(=O)OCC1CO1)C(=O)OC(F)(F)C(F)(F)C(F)(F)CF. The minimum absolute atomic E-state index is 0.0426. The van der Waals surface area contributed by atoms with E-state index in [1.54, 1.807) is 0 Å². The van der Waals surface area contributed by atoms with E-state index in [4.69, 9.17) is 9.47 Å². The molecule has 0 spiro atoms. The smallest absolute Gasteiger partial charge is 0.463 e. The summed E-state index contributed by atoms with van der Waals surface area (Å²) in [6, 6.07) is 0. The van der Waals surface area contributed by atoms with Gasteiger partial charge in [-0.15, -0.1) is 0 Å². The molecule has 28 heavy (non-hydrogen) atoms. The minimum atomic E-state index is -6.27. The fourth-order valence-corrected chi connectivity index (χ4v) is 2.21. The molecule has 3 atom stereocenters. The van der Waals surface area contributed by atoms with Crippen LogP contribution in [-0.4, -0.2) is 55.9 Å². The normalized spacial score (nSPS) is 20.9. The zero-order valence-electron chi connectivity index (χ0n) is 15.4. The first-order valence-corrected chi connectivity index (χ1v) is 8.34. The van der Waals surface area contributed by atoms with Gasteiger partial charge in [0.2, 0.25) is 0 Å². The molecule has 0 aromatic heterocycles. The van der Waals surface area contributed by atoms with Crippen LogP contribution in [0.5, 0.6) is 0 Å². The first kappa shape index (κ1) is 24.4. The molecule has 1 aliphatic rings. The predicted octanol–water partition coefficient (Wildman–Crippen LogP) is 3.75. The fourth-order valence-electron chi connectivity index (χ4n) is 2.21. The van der Waals surface area contributed by atoms with Gasteiger partial charge in [-0.25, -0.2) is 4.39 Å². The van der Waals surface area contributed by atoms with Gasteiger partial charge in [0.05, 0.1) is 17.9 Å². The largest absolute Gasteiger partial charge is 0.473 e. The molecule has 0 aromatic carbocycles. The molecular formula is C16H21F7O5. The molecule has 0 saturated carbocycles. The zero-order chi connectivity index (χ0) is 22.0. The maximum absolute atomic E-state index is 13.6. The molecule has 0 amide bonds. The van der Waals surface area contributed by atoms with Crippen LogP contribution in [0.1, 0.15) is 33.6 Å². The third-order valence-electron chi connectivity index (χ3n) is 4.46. The van der Waals surface area contributed by atoms with Crippen molar-refractivity contribution >= 4 is 11.9 Å². The van der Waals surface area contributed by atoms with E-state index in [2.05, 4.69) is 4.74 Å². The van der Waals surface area contributed by atoms with Gasteiger partial charge in [0.1, 0.15) is 12.7 Å². The van der Waals surface area contributed by atoms with Crippen molar-refractivity contribution in [1.82, 2.24) is 0 Å². The zero-order valence-corrected chi connectivity index (χ0v) is 15.4. The Balaban J connectivity index is 2.85. The molecule has 5 nitrogen and oxygen atoms in total. The molecule has 1 aliphatic heterocycles. The summed E-state index contributed by atoms with van der Waals surface area (Å²) in [6.45, 7) is 0.966. The second-order valence-electron chi connectivity index (χ2n) is 6.92. The Kier molecular flexibility index (Phi) is 7.35. The summed E-state index contributed by atoms with van der Waals surface area (Å²) in [5.74, 6) is -15.8. The van der Waals surface area contributed by atoms with Gasteiger partial charge in [0.25, 0.3) is 0 Å². The molecule has 1 heterocycles. The molecule has 0 N–H and O–H groups in total. The van der Waals surface area contributed by atoms with Crippen molar-refractivity contribution in [3.63, 3.8) is 0 Å². The Labute approximate surface area is 156 Å². The maximum atomic E-state index is 13.6. The van der Waals surface area contributed by atoms with Gasteiger partial charge >= 0.3 is 29.9 Å². The van der Waals surface area contributed by atoms with Crippen LogP contribution in [0.2, 0.25) is 0 Å². The Hall–Kier alpha value is -1.59. The van der Waals surface area contributed by atoms with E-state index in [0.29, 0.717) is 6.61 Å². The van der Waals surface area contributed by atoms with E-state index in [0.717, 1.165) is 6.92 Å². The molecule has 0 radical (unpaired) electrons. The highest BCUT2D eigenvalue weighted by Crippen LogP contribution is 2.47. The van der Waals surface area contributed by atoms with Crippen molar-refractivity contribution in [3.8, 4) is 0 Å². The average Bonchev–Trinajstić information content (AvgIpc) is 3.42. The monoisotopic (exact) mass is 426 g/mol. The molecule has 12 heteroatoms. The second kappa shape index (κ2) is 8.42. The third kappa shape index (κ3) is 5.26. The molecular weight excluding hydrogens is 405 g/mol. The van der Waals surface area contributed by atoms with Gasteiger partial charge < -0.3 is 14.2 Å². The Bertz CT molecular complexity index is 580. The lowest BCUT2D eigenvalue weighted by Gasteiger charge is -2.34. The number of halogens is 7. The standard InChI is InChI=1S/C16H21F7O5/c1-4-13(3,5-9(2)11(24)27-7-10-6-26-10)12(25)28-16(22,23)15(20,21)14(18,19)8-17/h9-10H,4-8H2,1-3H3. The van der Waals surface area contributed by atoms with Crippen LogP contribution in [0.15, 0.2) is 0 Å². The number of hydrogen-bond donors (Lipinski definition) is 0. The lowest BCUT2D eigenvalue weighted by Crippen LogP contribution is -2.58. The molecule has 0 bridgehead atoms. The van der Waals surface area contributed by atoms with E-state index < -0.39 is 54.3 Å². The Morgan fingerprint density at radius 2 is 1.71 bits per heavy atom. The van der Waals surface area contributed by atoms with Crippen LogP contribution >= 0.6 is 0 Å². The highest BCUT2D eigenvalue weighted by molar-refractivity contribution is 5.79. The van der Waals surface area contributed by atoms with Crippen molar-refractivity contribution in [2.75, 3.05) is 19.9 Å². The van der Waals surface area contributed by atoms with Crippen molar-refractivity contribution in [2.45, 2.75) is 57.7 Å². The first-order valence-electron chi connectivity index (χ1n) is 8.34. The quantitative estimate of drug-likeness (QED) is 0.286. The van der Waals surface area contributed by atoms with Crippen LogP contribution in [0.25, 0.3) is 0 Å². The number of esters is 2. The van der Waals surface area contributed by atoms with Gasteiger partial charge in [-0.2, -0.15) is 26.3 Å². The van der Waals surface area contributed by atoms with E-state index in [1.807, 2.05) is 0 Å². The molecule has 164 valence electrons. The van der Waals surface area contributed by atoms with Crippen LogP contribution in [0.3, 0.4) is 0 Å². The Morgan fingerprint density at radius 1 is 1.18 bits per heavy atom. The molecule has 0 aromatic rings. The van der Waals surface area contributed by atoms with Crippen LogP contribution in [-0.2, 0) is 23.8 Å².